The third-order valence-electron chi connectivity index (χ3n) is 2.56. The van der Waals surface area contributed by atoms with Crippen LogP contribution in [-0.4, -0.2) is 43.9 Å². The van der Waals surface area contributed by atoms with Crippen LogP contribution in [-0.2, 0) is 14.8 Å². The van der Waals surface area contributed by atoms with E-state index >= 15 is 0 Å². The van der Waals surface area contributed by atoms with Crippen molar-refractivity contribution in [2.75, 3.05) is 13.7 Å². The van der Waals surface area contributed by atoms with Crippen molar-refractivity contribution in [3.8, 4) is 5.75 Å². The Bertz CT molecular complexity index is 659. The van der Waals surface area contributed by atoms with Crippen molar-refractivity contribution < 1.29 is 28.2 Å². The molecule has 21 heavy (non-hydrogen) atoms. The molecule has 0 fully saturated rings. The summed E-state index contributed by atoms with van der Waals surface area (Å²) in [5.74, 6) is -1.37. The number of ether oxygens (including phenoxy) is 1. The highest BCUT2D eigenvalue weighted by molar-refractivity contribution is 7.89. The number of methoxy groups -OCH3 is 1. The average Bonchev–Trinajstić information content (AvgIpc) is 2.38. The summed E-state index contributed by atoms with van der Waals surface area (Å²) in [5, 5.41) is 18.1. The fraction of sp³-hybridized carbons (Fsp3) is 0.364. The number of aliphatic hydroxyl groups is 1. The molecule has 0 aliphatic heterocycles. The minimum atomic E-state index is -4.15. The molecule has 0 bridgehead atoms. The summed E-state index contributed by atoms with van der Waals surface area (Å²) in [5.41, 5.74) is -2.25. The third kappa shape index (κ3) is 4.21. The number of carboxylic acids is 1. The van der Waals surface area contributed by atoms with E-state index in [0.717, 1.165) is 13.0 Å². The second-order valence-corrected chi connectivity index (χ2v) is 6.87. The number of hydrogen-bond acceptors (Lipinski definition) is 5. The fourth-order valence-electron chi connectivity index (χ4n) is 1.26. The number of rotatable bonds is 6. The maximum atomic E-state index is 12.1. The van der Waals surface area contributed by atoms with Gasteiger partial charge in [-0.1, -0.05) is 23.2 Å². The van der Waals surface area contributed by atoms with Crippen molar-refractivity contribution in [1.29, 1.82) is 0 Å². The predicted molar refractivity (Wildman–Crippen MR) is 76.5 cm³/mol. The number of hydrogen-bond donors (Lipinski definition) is 3. The van der Waals surface area contributed by atoms with Crippen molar-refractivity contribution in [2.45, 2.75) is 17.4 Å². The van der Waals surface area contributed by atoms with Crippen LogP contribution in [0.3, 0.4) is 0 Å². The smallest absolute Gasteiger partial charge is 0.336 e. The molecule has 0 aliphatic carbocycles. The normalized spacial score (nSPS) is 14.5. The van der Waals surface area contributed by atoms with E-state index in [2.05, 4.69) is 0 Å². The lowest BCUT2D eigenvalue weighted by Crippen LogP contribution is -2.46. The van der Waals surface area contributed by atoms with Crippen molar-refractivity contribution in [2.24, 2.45) is 0 Å². The molecule has 1 atom stereocenters. The minimum absolute atomic E-state index is 0.0206. The van der Waals surface area contributed by atoms with E-state index in [-0.39, 0.29) is 20.7 Å². The third-order valence-corrected chi connectivity index (χ3v) is 4.72. The van der Waals surface area contributed by atoms with Gasteiger partial charge >= 0.3 is 5.97 Å². The van der Waals surface area contributed by atoms with E-state index in [1.807, 2.05) is 4.72 Å². The van der Waals surface area contributed by atoms with Gasteiger partial charge < -0.3 is 14.9 Å². The monoisotopic (exact) mass is 357 g/mol. The molecule has 3 N–H and O–H groups in total. The molecular weight excluding hydrogens is 345 g/mol. The van der Waals surface area contributed by atoms with Gasteiger partial charge in [-0.05, 0) is 13.0 Å². The first kappa shape index (κ1) is 18.0. The Hall–Kier alpha value is -1.06. The molecule has 0 aromatic heterocycles. The van der Waals surface area contributed by atoms with Crippen molar-refractivity contribution in [3.63, 3.8) is 0 Å². The summed E-state index contributed by atoms with van der Waals surface area (Å²) in [6.07, 6.45) is 0. The number of carbonyl (C=O) groups is 1. The highest BCUT2D eigenvalue weighted by Crippen LogP contribution is 2.33. The maximum absolute atomic E-state index is 12.1. The van der Waals surface area contributed by atoms with E-state index in [4.69, 9.17) is 33.0 Å². The molecule has 0 heterocycles. The first-order chi connectivity index (χ1) is 9.51. The molecule has 10 heteroatoms. The zero-order valence-corrected chi connectivity index (χ0v) is 13.4. The molecule has 118 valence electrons. The maximum Gasteiger partial charge on any atom is 0.336 e. The molecule has 7 nitrogen and oxygen atoms in total. The number of halogens is 2. The number of benzene rings is 1. The lowest BCUT2D eigenvalue weighted by molar-refractivity contribution is -0.155. The van der Waals surface area contributed by atoms with E-state index in [0.29, 0.717) is 0 Å². The minimum Gasteiger partial charge on any atom is -0.495 e. The van der Waals surface area contributed by atoms with Gasteiger partial charge in [-0.3, -0.25) is 0 Å². The topological polar surface area (TPSA) is 113 Å². The Morgan fingerprint density at radius 1 is 1.38 bits per heavy atom. The van der Waals surface area contributed by atoms with E-state index < -0.39 is 28.1 Å². The summed E-state index contributed by atoms with van der Waals surface area (Å²) in [7, 11) is -2.81. The summed E-state index contributed by atoms with van der Waals surface area (Å²) >= 11 is 11.7. The molecule has 1 aromatic rings. The Morgan fingerprint density at radius 3 is 2.43 bits per heavy atom. The van der Waals surface area contributed by atoms with Crippen molar-refractivity contribution >= 4 is 39.2 Å². The van der Waals surface area contributed by atoms with Crippen LogP contribution in [0.25, 0.3) is 0 Å². The van der Waals surface area contributed by atoms with E-state index in [1.54, 1.807) is 0 Å². The Labute approximate surface area is 131 Å². The zero-order chi connectivity index (χ0) is 16.4. The summed E-state index contributed by atoms with van der Waals surface area (Å²) in [6.45, 7) is 0.227. The largest absolute Gasteiger partial charge is 0.495 e. The van der Waals surface area contributed by atoms with E-state index in [1.165, 1.54) is 13.2 Å². The molecule has 1 unspecified atom stereocenters. The van der Waals surface area contributed by atoms with Gasteiger partial charge in [-0.15, -0.1) is 0 Å². The summed E-state index contributed by atoms with van der Waals surface area (Å²) < 4.78 is 31.0. The summed E-state index contributed by atoms with van der Waals surface area (Å²) in [6, 6.07) is 2.29. The lowest BCUT2D eigenvalue weighted by Gasteiger charge is -2.18. The van der Waals surface area contributed by atoms with Gasteiger partial charge in [-0.25, -0.2) is 17.9 Å². The molecule has 0 amide bonds. The van der Waals surface area contributed by atoms with Gasteiger partial charge in [0.05, 0.1) is 23.7 Å². The van der Waals surface area contributed by atoms with Gasteiger partial charge in [0.25, 0.3) is 0 Å². The number of nitrogens with one attached hydrogen (secondary N) is 1. The first-order valence-electron chi connectivity index (χ1n) is 5.50. The Kier molecular flexibility index (Phi) is 5.46. The molecule has 0 saturated carbocycles. The van der Waals surface area contributed by atoms with Crippen LogP contribution in [0.5, 0.6) is 5.75 Å². The standard InChI is InChI=1S/C11H13Cl2NO6S/c1-11(17,10(15)16)5-14-21(18,19)9-4-6(12)8(20-2)3-7(9)13/h3-4,14,17H,5H2,1-2H3,(H,15,16). The van der Waals surface area contributed by atoms with Crippen LogP contribution in [0.2, 0.25) is 10.0 Å². The highest BCUT2D eigenvalue weighted by atomic mass is 35.5. The van der Waals surface area contributed by atoms with Gasteiger partial charge in [0, 0.05) is 6.07 Å². The van der Waals surface area contributed by atoms with E-state index in [9.17, 15) is 18.3 Å². The van der Waals surface area contributed by atoms with Gasteiger partial charge in [0.15, 0.2) is 5.60 Å². The van der Waals surface area contributed by atoms with Gasteiger partial charge in [-0.2, -0.15) is 0 Å². The first-order valence-corrected chi connectivity index (χ1v) is 7.73. The van der Waals surface area contributed by atoms with Crippen LogP contribution in [0.15, 0.2) is 17.0 Å². The molecular formula is C11H13Cl2NO6S. The van der Waals surface area contributed by atoms with Gasteiger partial charge in [0.2, 0.25) is 10.0 Å². The lowest BCUT2D eigenvalue weighted by atomic mass is 10.1. The number of carboxylic acid groups (broad SMARTS) is 1. The average molecular weight is 358 g/mol. The molecule has 0 radical (unpaired) electrons. The molecule has 0 aliphatic rings. The molecule has 0 saturated heterocycles. The number of aliphatic carboxylic acids is 1. The summed E-state index contributed by atoms with van der Waals surface area (Å²) in [4.78, 5) is 10.4. The van der Waals surface area contributed by atoms with Crippen molar-refractivity contribution in [1.82, 2.24) is 4.72 Å². The quantitative estimate of drug-likeness (QED) is 0.702. The van der Waals surface area contributed by atoms with Crippen LogP contribution in [0, 0.1) is 0 Å². The molecule has 1 rings (SSSR count). The van der Waals surface area contributed by atoms with Gasteiger partial charge in [0.1, 0.15) is 10.6 Å². The number of sulfonamides is 1. The Balaban J connectivity index is 3.10. The zero-order valence-electron chi connectivity index (χ0n) is 11.1. The van der Waals surface area contributed by atoms with Crippen LogP contribution in [0.4, 0.5) is 0 Å². The second kappa shape index (κ2) is 6.37. The SMILES string of the molecule is COc1cc(Cl)c(S(=O)(=O)NCC(C)(O)C(=O)O)cc1Cl. The molecule has 0 spiro atoms. The van der Waals surface area contributed by atoms with Crippen molar-refractivity contribution in [3.05, 3.63) is 22.2 Å². The van der Waals surface area contributed by atoms with Crippen LogP contribution in [0.1, 0.15) is 6.92 Å². The van der Waals surface area contributed by atoms with Crippen LogP contribution < -0.4 is 9.46 Å². The molecule has 1 aromatic carbocycles. The van der Waals surface area contributed by atoms with Crippen LogP contribution >= 0.6 is 23.2 Å². The predicted octanol–water partition coefficient (Wildman–Crippen LogP) is 1.12. The highest BCUT2D eigenvalue weighted by Gasteiger charge is 2.32. The fourth-order valence-corrected chi connectivity index (χ4v) is 3.24. The Morgan fingerprint density at radius 2 is 1.95 bits per heavy atom. The second-order valence-electron chi connectivity index (χ2n) is 4.32.